The van der Waals surface area contributed by atoms with Crippen LogP contribution < -0.4 is 15.6 Å². The molecule has 1 aromatic heterocycles. The number of nitrogens with one attached hydrogen (secondary N) is 2. The summed E-state index contributed by atoms with van der Waals surface area (Å²) in [4.78, 5) is 42.2. The molecule has 1 unspecified atom stereocenters. The van der Waals surface area contributed by atoms with Crippen LogP contribution in [0.3, 0.4) is 0 Å². The van der Waals surface area contributed by atoms with Gasteiger partial charge in [-0.3, -0.25) is 14.4 Å². The number of para-hydroxylation sites is 1. The van der Waals surface area contributed by atoms with Gasteiger partial charge in [0.25, 0.3) is 11.5 Å². The Hall–Kier alpha value is -2.74. The van der Waals surface area contributed by atoms with E-state index in [1.807, 2.05) is 30.3 Å². The van der Waals surface area contributed by atoms with Crippen LogP contribution in [-0.4, -0.2) is 52.4 Å². The summed E-state index contributed by atoms with van der Waals surface area (Å²) in [6, 6.07) is 9.51. The number of fused-ring (bicyclic) bond motifs is 1. The second-order valence-corrected chi connectivity index (χ2v) is 8.66. The Morgan fingerprint density at radius 2 is 2.10 bits per heavy atom. The van der Waals surface area contributed by atoms with Crippen LogP contribution in [0.4, 0.5) is 0 Å². The highest BCUT2D eigenvalue weighted by Gasteiger charge is 2.28. The average Bonchev–Trinajstić information content (AvgIpc) is 3.27. The number of aromatic nitrogens is 1. The van der Waals surface area contributed by atoms with Crippen molar-refractivity contribution in [3.8, 4) is 5.75 Å². The van der Waals surface area contributed by atoms with Gasteiger partial charge < -0.3 is 19.9 Å². The van der Waals surface area contributed by atoms with Gasteiger partial charge in [-0.1, -0.05) is 18.2 Å². The number of benzene rings is 1. The first kappa shape index (κ1) is 20.5. The molecule has 2 amide bonds. The van der Waals surface area contributed by atoms with Crippen molar-refractivity contribution in [1.29, 1.82) is 0 Å². The van der Waals surface area contributed by atoms with E-state index in [2.05, 4.69) is 10.3 Å². The van der Waals surface area contributed by atoms with Crippen LogP contribution >= 0.6 is 11.8 Å². The zero-order valence-electron chi connectivity index (χ0n) is 16.7. The monoisotopic (exact) mass is 427 g/mol. The maximum Gasteiger partial charge on any atom is 0.261 e. The van der Waals surface area contributed by atoms with Crippen LogP contribution in [0.5, 0.6) is 5.75 Å². The molecule has 158 valence electrons. The summed E-state index contributed by atoms with van der Waals surface area (Å²) in [6.45, 7) is 1.18. The number of thioether (sulfide) groups is 1. The van der Waals surface area contributed by atoms with E-state index in [4.69, 9.17) is 4.74 Å². The predicted octanol–water partition coefficient (Wildman–Crippen LogP) is 1.96. The molecule has 8 heteroatoms. The van der Waals surface area contributed by atoms with Crippen LogP contribution in [0.15, 0.2) is 41.3 Å². The highest BCUT2D eigenvalue weighted by atomic mass is 32.2. The summed E-state index contributed by atoms with van der Waals surface area (Å²) in [7, 11) is 0. The molecule has 2 aromatic rings. The summed E-state index contributed by atoms with van der Waals surface area (Å²) in [5.41, 5.74) is 1.41. The SMILES string of the molecule is O=C(NC1CCSC1)c1c2c(c[nH]c1=O)CN(C(=O)CCOc1ccccc1)CC2. The third-order valence-electron chi connectivity index (χ3n) is 5.46. The minimum absolute atomic E-state index is 0.00300. The first-order chi connectivity index (χ1) is 14.6. The molecule has 2 N–H and O–H groups in total. The molecule has 7 nitrogen and oxygen atoms in total. The van der Waals surface area contributed by atoms with Crippen LogP contribution in [0.1, 0.15) is 34.3 Å². The molecule has 0 bridgehead atoms. The second kappa shape index (κ2) is 9.38. The minimum atomic E-state index is -0.368. The van der Waals surface area contributed by atoms with Gasteiger partial charge in [0, 0.05) is 31.1 Å². The predicted molar refractivity (Wildman–Crippen MR) is 116 cm³/mol. The molecular formula is C22H25N3O4S. The Kier molecular flexibility index (Phi) is 6.42. The minimum Gasteiger partial charge on any atom is -0.493 e. The molecule has 1 atom stereocenters. The van der Waals surface area contributed by atoms with Gasteiger partial charge >= 0.3 is 0 Å². The Labute approximate surface area is 179 Å². The molecule has 30 heavy (non-hydrogen) atoms. The number of hydrogen-bond donors (Lipinski definition) is 2. The molecule has 1 aromatic carbocycles. The van der Waals surface area contributed by atoms with Crippen molar-refractivity contribution in [3.05, 3.63) is 63.6 Å². The standard InChI is InChI=1S/C22H25N3O4S/c26-19(7-10-29-17-4-2-1-3-5-17)25-9-6-18-15(13-25)12-23-21(27)20(18)22(28)24-16-8-11-30-14-16/h1-5,12,16H,6-11,13-14H2,(H,23,27)(H,24,28). The zero-order chi connectivity index (χ0) is 20.9. The van der Waals surface area contributed by atoms with Crippen molar-refractivity contribution in [1.82, 2.24) is 15.2 Å². The van der Waals surface area contributed by atoms with E-state index in [1.54, 1.807) is 22.9 Å². The van der Waals surface area contributed by atoms with Gasteiger partial charge in [-0.2, -0.15) is 11.8 Å². The smallest absolute Gasteiger partial charge is 0.261 e. The summed E-state index contributed by atoms with van der Waals surface area (Å²) < 4.78 is 5.62. The lowest BCUT2D eigenvalue weighted by Gasteiger charge is -2.30. The van der Waals surface area contributed by atoms with Crippen molar-refractivity contribution in [3.63, 3.8) is 0 Å². The molecule has 0 radical (unpaired) electrons. The van der Waals surface area contributed by atoms with E-state index in [-0.39, 0.29) is 35.4 Å². The van der Waals surface area contributed by atoms with E-state index in [0.29, 0.717) is 26.1 Å². The van der Waals surface area contributed by atoms with Crippen molar-refractivity contribution >= 4 is 23.6 Å². The van der Waals surface area contributed by atoms with E-state index in [1.165, 1.54) is 0 Å². The van der Waals surface area contributed by atoms with E-state index < -0.39 is 0 Å². The van der Waals surface area contributed by atoms with Gasteiger partial charge in [0.15, 0.2) is 0 Å². The molecule has 0 aliphatic carbocycles. The van der Waals surface area contributed by atoms with Gasteiger partial charge in [0.1, 0.15) is 11.3 Å². The normalized spacial score (nSPS) is 18.0. The Morgan fingerprint density at radius 3 is 2.87 bits per heavy atom. The number of rotatable bonds is 6. The lowest BCUT2D eigenvalue weighted by atomic mass is 9.96. The first-order valence-corrected chi connectivity index (χ1v) is 11.3. The van der Waals surface area contributed by atoms with Crippen molar-refractivity contribution in [2.45, 2.75) is 31.8 Å². The molecule has 1 fully saturated rings. The number of amides is 2. The number of ether oxygens (including phenoxy) is 1. The molecule has 2 aliphatic rings. The number of nitrogens with zero attached hydrogens (tertiary/aromatic N) is 1. The highest BCUT2D eigenvalue weighted by molar-refractivity contribution is 7.99. The van der Waals surface area contributed by atoms with Gasteiger partial charge in [-0.25, -0.2) is 0 Å². The maximum atomic E-state index is 12.7. The van der Waals surface area contributed by atoms with Gasteiger partial charge in [0.2, 0.25) is 5.91 Å². The average molecular weight is 428 g/mol. The van der Waals surface area contributed by atoms with Crippen LogP contribution in [0, 0.1) is 0 Å². The Morgan fingerprint density at radius 1 is 1.27 bits per heavy atom. The van der Waals surface area contributed by atoms with Crippen molar-refractivity contribution in [2.24, 2.45) is 0 Å². The molecule has 0 spiro atoms. The van der Waals surface area contributed by atoms with E-state index in [9.17, 15) is 14.4 Å². The summed E-state index contributed by atoms with van der Waals surface area (Å²) in [6.07, 6.45) is 3.32. The zero-order valence-corrected chi connectivity index (χ0v) is 17.5. The fourth-order valence-corrected chi connectivity index (χ4v) is 5.01. The van der Waals surface area contributed by atoms with Crippen LogP contribution in [0.25, 0.3) is 0 Å². The Balaban J connectivity index is 1.39. The van der Waals surface area contributed by atoms with Gasteiger partial charge in [-0.15, -0.1) is 0 Å². The third kappa shape index (κ3) is 4.70. The van der Waals surface area contributed by atoms with Crippen LogP contribution in [-0.2, 0) is 17.8 Å². The third-order valence-corrected chi connectivity index (χ3v) is 6.62. The number of aromatic amines is 1. The number of carbonyl (C=O) groups is 2. The summed E-state index contributed by atoms with van der Waals surface area (Å²) in [5.74, 6) is 2.34. The molecule has 3 heterocycles. The van der Waals surface area contributed by atoms with Crippen molar-refractivity contribution < 1.29 is 14.3 Å². The lowest BCUT2D eigenvalue weighted by molar-refractivity contribution is -0.132. The van der Waals surface area contributed by atoms with Gasteiger partial charge in [0.05, 0.1) is 13.0 Å². The summed E-state index contributed by atoms with van der Waals surface area (Å²) >= 11 is 1.81. The number of carbonyl (C=O) groups excluding carboxylic acids is 2. The lowest BCUT2D eigenvalue weighted by Crippen LogP contribution is -2.42. The molecule has 1 saturated heterocycles. The molecule has 0 saturated carbocycles. The molecule has 2 aliphatic heterocycles. The highest BCUT2D eigenvalue weighted by Crippen LogP contribution is 2.22. The Bertz CT molecular complexity index is 970. The first-order valence-electron chi connectivity index (χ1n) is 10.2. The van der Waals surface area contributed by atoms with Crippen molar-refractivity contribution in [2.75, 3.05) is 24.7 Å². The number of H-pyrrole nitrogens is 1. The quantitative estimate of drug-likeness (QED) is 0.736. The fourth-order valence-electron chi connectivity index (χ4n) is 3.86. The molecule has 4 rings (SSSR count). The summed E-state index contributed by atoms with van der Waals surface area (Å²) in [5, 5.41) is 2.99. The number of pyridine rings is 1. The topological polar surface area (TPSA) is 91.5 Å². The molecular weight excluding hydrogens is 402 g/mol. The van der Waals surface area contributed by atoms with E-state index in [0.717, 1.165) is 34.8 Å². The van der Waals surface area contributed by atoms with E-state index >= 15 is 0 Å². The number of hydrogen-bond acceptors (Lipinski definition) is 5. The van der Waals surface area contributed by atoms with Gasteiger partial charge in [-0.05, 0) is 41.9 Å². The fraction of sp³-hybridized carbons (Fsp3) is 0.409. The maximum absolute atomic E-state index is 12.7. The second-order valence-electron chi connectivity index (χ2n) is 7.51. The largest absolute Gasteiger partial charge is 0.493 e. The van der Waals surface area contributed by atoms with Crippen LogP contribution in [0.2, 0.25) is 0 Å².